The second-order valence-electron chi connectivity index (χ2n) is 4.96. The molecule has 0 aliphatic carbocycles. The van der Waals surface area contributed by atoms with Crippen LogP contribution in [-0.2, 0) is 14.8 Å². The Hall–Kier alpha value is -1.64. The van der Waals surface area contributed by atoms with E-state index in [4.69, 9.17) is 10.5 Å². The number of anilines is 1. The van der Waals surface area contributed by atoms with E-state index in [1.165, 1.54) is 12.1 Å². The van der Waals surface area contributed by atoms with Gasteiger partial charge in [0.25, 0.3) is 0 Å². The number of fused-ring (bicyclic) bond motifs is 1. The third-order valence-electron chi connectivity index (χ3n) is 3.31. The lowest BCUT2D eigenvalue weighted by Crippen LogP contribution is -2.38. The standard InChI is InChI=1S/C14H21N3O4S/c1-2-3-14(18)17-8-9-21-13-5-4-11(10-12(13)17)22(19,20)16-7-6-15/h4-5,10,16H,2-3,6-9,15H2,1H3. The highest BCUT2D eigenvalue weighted by atomic mass is 32.2. The zero-order valence-corrected chi connectivity index (χ0v) is 13.4. The Bertz CT molecular complexity index is 645. The summed E-state index contributed by atoms with van der Waals surface area (Å²) in [6.45, 7) is 3.13. The molecule has 0 aromatic heterocycles. The fourth-order valence-electron chi connectivity index (χ4n) is 2.25. The number of hydrogen-bond acceptors (Lipinski definition) is 5. The van der Waals surface area contributed by atoms with Crippen molar-refractivity contribution in [3.05, 3.63) is 18.2 Å². The van der Waals surface area contributed by atoms with Crippen molar-refractivity contribution in [3.63, 3.8) is 0 Å². The van der Waals surface area contributed by atoms with Crippen LogP contribution < -0.4 is 20.1 Å². The summed E-state index contributed by atoms with van der Waals surface area (Å²) in [5.41, 5.74) is 5.82. The molecule has 1 aromatic rings. The molecule has 0 saturated heterocycles. The first-order valence-corrected chi connectivity index (χ1v) is 8.75. The summed E-state index contributed by atoms with van der Waals surface area (Å²) >= 11 is 0. The van der Waals surface area contributed by atoms with Gasteiger partial charge in [-0.25, -0.2) is 13.1 Å². The van der Waals surface area contributed by atoms with E-state index in [0.717, 1.165) is 6.42 Å². The summed E-state index contributed by atoms with van der Waals surface area (Å²) in [6, 6.07) is 4.52. The van der Waals surface area contributed by atoms with Gasteiger partial charge in [0, 0.05) is 19.5 Å². The molecule has 122 valence electrons. The Labute approximate surface area is 130 Å². The lowest BCUT2D eigenvalue weighted by Gasteiger charge is -2.30. The van der Waals surface area contributed by atoms with Crippen LogP contribution >= 0.6 is 0 Å². The summed E-state index contributed by atoms with van der Waals surface area (Å²) in [6.07, 6.45) is 1.16. The van der Waals surface area contributed by atoms with Crippen LogP contribution in [0, 0.1) is 0 Å². The summed E-state index contributed by atoms with van der Waals surface area (Å²) in [7, 11) is -3.64. The fourth-order valence-corrected chi connectivity index (χ4v) is 3.32. The normalized spacial score (nSPS) is 14.4. The minimum atomic E-state index is -3.64. The fraction of sp³-hybridized carbons (Fsp3) is 0.500. The Morgan fingerprint density at radius 2 is 2.23 bits per heavy atom. The maximum absolute atomic E-state index is 12.2. The molecule has 0 spiro atoms. The van der Waals surface area contributed by atoms with Gasteiger partial charge in [-0.2, -0.15) is 0 Å². The second kappa shape index (κ2) is 7.08. The van der Waals surface area contributed by atoms with Gasteiger partial charge in [0.05, 0.1) is 17.1 Å². The molecule has 0 radical (unpaired) electrons. The quantitative estimate of drug-likeness (QED) is 0.790. The van der Waals surface area contributed by atoms with Crippen molar-refractivity contribution >= 4 is 21.6 Å². The molecule has 0 saturated carbocycles. The molecule has 3 N–H and O–H groups in total. The van der Waals surface area contributed by atoms with E-state index in [9.17, 15) is 13.2 Å². The Morgan fingerprint density at radius 1 is 1.45 bits per heavy atom. The topological polar surface area (TPSA) is 102 Å². The van der Waals surface area contributed by atoms with Crippen LogP contribution in [0.2, 0.25) is 0 Å². The van der Waals surface area contributed by atoms with E-state index in [2.05, 4.69) is 4.72 Å². The maximum Gasteiger partial charge on any atom is 0.240 e. The number of ether oxygens (including phenoxy) is 1. The number of carbonyl (C=O) groups is 1. The number of hydrogen-bond donors (Lipinski definition) is 2. The largest absolute Gasteiger partial charge is 0.490 e. The first-order valence-electron chi connectivity index (χ1n) is 7.26. The molecule has 1 aliphatic rings. The van der Waals surface area contributed by atoms with Crippen LogP contribution in [0.15, 0.2) is 23.1 Å². The van der Waals surface area contributed by atoms with Gasteiger partial charge >= 0.3 is 0 Å². The van der Waals surface area contributed by atoms with Gasteiger partial charge < -0.3 is 15.4 Å². The molecule has 0 atom stereocenters. The van der Waals surface area contributed by atoms with Crippen LogP contribution in [0.3, 0.4) is 0 Å². The lowest BCUT2D eigenvalue weighted by molar-refractivity contribution is -0.118. The first-order chi connectivity index (χ1) is 10.5. The highest BCUT2D eigenvalue weighted by Gasteiger charge is 2.25. The van der Waals surface area contributed by atoms with Gasteiger partial charge in [-0.05, 0) is 24.6 Å². The summed E-state index contributed by atoms with van der Waals surface area (Å²) in [5.74, 6) is 0.491. The van der Waals surface area contributed by atoms with Crippen molar-refractivity contribution in [2.75, 3.05) is 31.1 Å². The van der Waals surface area contributed by atoms with Crippen LogP contribution in [0.4, 0.5) is 5.69 Å². The predicted octanol–water partition coefficient (Wildman–Crippen LogP) is 0.449. The van der Waals surface area contributed by atoms with E-state index in [1.807, 2.05) is 6.92 Å². The molecule has 22 heavy (non-hydrogen) atoms. The smallest absolute Gasteiger partial charge is 0.240 e. The number of amides is 1. The van der Waals surface area contributed by atoms with Crippen molar-refractivity contribution < 1.29 is 17.9 Å². The highest BCUT2D eigenvalue weighted by molar-refractivity contribution is 7.89. The molecule has 2 rings (SSSR count). The summed E-state index contributed by atoms with van der Waals surface area (Å²) in [4.78, 5) is 13.9. The molecule has 1 aliphatic heterocycles. The molecule has 0 unspecified atom stereocenters. The van der Waals surface area contributed by atoms with Gasteiger partial charge in [0.2, 0.25) is 15.9 Å². The molecular formula is C14H21N3O4S. The van der Waals surface area contributed by atoms with Crippen molar-refractivity contribution in [1.29, 1.82) is 0 Å². The average Bonchev–Trinajstić information content (AvgIpc) is 2.52. The van der Waals surface area contributed by atoms with Crippen molar-refractivity contribution in [2.24, 2.45) is 5.73 Å². The summed E-state index contributed by atoms with van der Waals surface area (Å²) in [5, 5.41) is 0. The molecule has 1 heterocycles. The van der Waals surface area contributed by atoms with E-state index in [1.54, 1.807) is 11.0 Å². The number of rotatable bonds is 6. The predicted molar refractivity (Wildman–Crippen MR) is 83.4 cm³/mol. The Kier molecular flexibility index (Phi) is 5.38. The second-order valence-corrected chi connectivity index (χ2v) is 6.73. The van der Waals surface area contributed by atoms with E-state index in [0.29, 0.717) is 31.0 Å². The first kappa shape index (κ1) is 16.7. The third-order valence-corrected chi connectivity index (χ3v) is 4.76. The van der Waals surface area contributed by atoms with Crippen molar-refractivity contribution in [3.8, 4) is 5.75 Å². The van der Waals surface area contributed by atoms with E-state index >= 15 is 0 Å². The molecule has 1 aromatic carbocycles. The summed E-state index contributed by atoms with van der Waals surface area (Å²) < 4.78 is 32.2. The molecule has 1 amide bonds. The molecular weight excluding hydrogens is 306 g/mol. The Morgan fingerprint density at radius 3 is 2.91 bits per heavy atom. The number of nitrogens with one attached hydrogen (secondary N) is 1. The maximum atomic E-state index is 12.2. The highest BCUT2D eigenvalue weighted by Crippen LogP contribution is 2.34. The molecule has 0 bridgehead atoms. The van der Waals surface area contributed by atoms with Crippen LogP contribution in [0.5, 0.6) is 5.75 Å². The SMILES string of the molecule is CCCC(=O)N1CCOc2ccc(S(=O)(=O)NCCN)cc21. The van der Waals surface area contributed by atoms with Crippen LogP contribution in [0.1, 0.15) is 19.8 Å². The number of benzene rings is 1. The minimum absolute atomic E-state index is 0.0310. The number of nitrogens with two attached hydrogens (primary N) is 1. The molecule has 0 fully saturated rings. The van der Waals surface area contributed by atoms with Gasteiger partial charge in [0.1, 0.15) is 12.4 Å². The van der Waals surface area contributed by atoms with E-state index in [-0.39, 0.29) is 23.9 Å². The Balaban J connectivity index is 2.35. The van der Waals surface area contributed by atoms with Gasteiger partial charge in [-0.3, -0.25) is 4.79 Å². The number of carbonyl (C=O) groups excluding carboxylic acids is 1. The lowest BCUT2D eigenvalue weighted by atomic mass is 10.2. The van der Waals surface area contributed by atoms with Crippen molar-refractivity contribution in [2.45, 2.75) is 24.7 Å². The molecule has 7 nitrogen and oxygen atoms in total. The van der Waals surface area contributed by atoms with Gasteiger partial charge in [0.15, 0.2) is 0 Å². The van der Waals surface area contributed by atoms with Crippen molar-refractivity contribution in [1.82, 2.24) is 4.72 Å². The monoisotopic (exact) mass is 327 g/mol. The number of nitrogens with zero attached hydrogens (tertiary/aromatic N) is 1. The third kappa shape index (κ3) is 3.57. The molecule has 8 heteroatoms. The number of sulfonamides is 1. The minimum Gasteiger partial charge on any atom is -0.490 e. The van der Waals surface area contributed by atoms with Crippen LogP contribution in [-0.4, -0.2) is 40.6 Å². The van der Waals surface area contributed by atoms with Gasteiger partial charge in [-0.1, -0.05) is 6.92 Å². The zero-order chi connectivity index (χ0) is 16.2. The van der Waals surface area contributed by atoms with E-state index < -0.39 is 10.0 Å². The van der Waals surface area contributed by atoms with Gasteiger partial charge in [-0.15, -0.1) is 0 Å². The van der Waals surface area contributed by atoms with Crippen LogP contribution in [0.25, 0.3) is 0 Å². The zero-order valence-electron chi connectivity index (χ0n) is 12.5. The average molecular weight is 327 g/mol.